The first-order valence-electron chi connectivity index (χ1n) is 6.89. The molecule has 0 spiro atoms. The smallest absolute Gasteiger partial charge is 0.227 e. The zero-order valence-corrected chi connectivity index (χ0v) is 15.1. The lowest BCUT2D eigenvalue weighted by Crippen LogP contribution is -2.35. The second kappa shape index (κ2) is 8.21. The first-order chi connectivity index (χ1) is 9.61. The van der Waals surface area contributed by atoms with Crippen molar-refractivity contribution in [3.63, 3.8) is 0 Å². The van der Waals surface area contributed by atoms with Crippen LogP contribution in [0.15, 0.2) is 29.3 Å². The molecule has 5 nitrogen and oxygen atoms in total. The van der Waals surface area contributed by atoms with Gasteiger partial charge in [0, 0.05) is 46.3 Å². The fraction of sp³-hybridized carbons (Fsp3) is 0.467. The molecule has 1 aliphatic heterocycles. The van der Waals surface area contributed by atoms with Crippen LogP contribution in [-0.2, 0) is 11.3 Å². The Morgan fingerprint density at radius 2 is 2.00 bits per heavy atom. The second-order valence-corrected chi connectivity index (χ2v) is 5.11. The fourth-order valence-corrected chi connectivity index (χ4v) is 2.33. The molecular formula is C15H23IN4O. The Bertz CT molecular complexity index is 499. The maximum Gasteiger partial charge on any atom is 0.227 e. The van der Waals surface area contributed by atoms with Gasteiger partial charge in [0.2, 0.25) is 5.91 Å². The summed E-state index contributed by atoms with van der Waals surface area (Å²) in [5.41, 5.74) is 2.16. The average molecular weight is 402 g/mol. The Labute approximate surface area is 143 Å². The van der Waals surface area contributed by atoms with Crippen LogP contribution in [0.4, 0.5) is 5.69 Å². The van der Waals surface area contributed by atoms with E-state index in [1.54, 1.807) is 7.05 Å². The highest BCUT2D eigenvalue weighted by Crippen LogP contribution is 2.21. The van der Waals surface area contributed by atoms with Crippen molar-refractivity contribution in [1.29, 1.82) is 0 Å². The highest BCUT2D eigenvalue weighted by Gasteiger charge is 2.21. The van der Waals surface area contributed by atoms with Crippen LogP contribution in [0.25, 0.3) is 0 Å². The molecule has 1 heterocycles. The number of benzene rings is 1. The molecule has 6 heteroatoms. The van der Waals surface area contributed by atoms with E-state index in [4.69, 9.17) is 0 Å². The van der Waals surface area contributed by atoms with Crippen molar-refractivity contribution in [1.82, 2.24) is 10.2 Å². The number of hydrogen-bond acceptors (Lipinski definition) is 2. The van der Waals surface area contributed by atoms with E-state index in [-0.39, 0.29) is 29.9 Å². The molecule has 1 aromatic carbocycles. The van der Waals surface area contributed by atoms with Crippen LogP contribution < -0.4 is 10.2 Å². The first kappa shape index (κ1) is 17.7. The van der Waals surface area contributed by atoms with Crippen LogP contribution in [0.3, 0.4) is 0 Å². The van der Waals surface area contributed by atoms with E-state index in [9.17, 15) is 4.79 Å². The van der Waals surface area contributed by atoms with Crippen molar-refractivity contribution in [2.24, 2.45) is 4.99 Å². The maximum absolute atomic E-state index is 11.7. The van der Waals surface area contributed by atoms with Gasteiger partial charge < -0.3 is 15.1 Å². The van der Waals surface area contributed by atoms with E-state index in [0.29, 0.717) is 6.42 Å². The molecule has 21 heavy (non-hydrogen) atoms. The summed E-state index contributed by atoms with van der Waals surface area (Å²) in [4.78, 5) is 19.7. The number of halogens is 1. The molecular weight excluding hydrogens is 379 g/mol. The molecule has 2 rings (SSSR count). The largest absolute Gasteiger partial charge is 0.352 e. The maximum atomic E-state index is 11.7. The topological polar surface area (TPSA) is 47.9 Å². The molecule has 0 bridgehead atoms. The predicted octanol–water partition coefficient (Wildman–Crippen LogP) is 2.07. The molecule has 0 unspecified atom stereocenters. The molecule has 1 N–H and O–H groups in total. The third-order valence-electron chi connectivity index (χ3n) is 3.41. The van der Waals surface area contributed by atoms with Crippen molar-refractivity contribution in [3.8, 4) is 0 Å². The van der Waals surface area contributed by atoms with Crippen molar-refractivity contribution in [3.05, 3.63) is 29.8 Å². The number of guanidine groups is 1. The zero-order chi connectivity index (χ0) is 14.5. The zero-order valence-electron chi connectivity index (χ0n) is 12.8. The van der Waals surface area contributed by atoms with Crippen LogP contribution in [0.5, 0.6) is 0 Å². The summed E-state index contributed by atoms with van der Waals surface area (Å²) in [6.07, 6.45) is 1.63. The minimum Gasteiger partial charge on any atom is -0.352 e. The van der Waals surface area contributed by atoms with Gasteiger partial charge in [-0.1, -0.05) is 12.1 Å². The quantitative estimate of drug-likeness (QED) is 0.479. The van der Waals surface area contributed by atoms with Gasteiger partial charge in [0.15, 0.2) is 5.96 Å². The van der Waals surface area contributed by atoms with Gasteiger partial charge in [-0.15, -0.1) is 24.0 Å². The molecule has 1 fully saturated rings. The minimum absolute atomic E-state index is 0. The Kier molecular flexibility index (Phi) is 6.94. The lowest BCUT2D eigenvalue weighted by molar-refractivity contribution is -0.117. The summed E-state index contributed by atoms with van der Waals surface area (Å²) in [6, 6.07) is 8.13. The monoisotopic (exact) mass is 402 g/mol. The van der Waals surface area contributed by atoms with Gasteiger partial charge in [-0.05, 0) is 24.1 Å². The first-order valence-corrected chi connectivity index (χ1v) is 6.89. The lowest BCUT2D eigenvalue weighted by Gasteiger charge is -2.18. The predicted molar refractivity (Wildman–Crippen MR) is 97.3 cm³/mol. The van der Waals surface area contributed by atoms with Crippen molar-refractivity contribution >= 4 is 41.5 Å². The highest BCUT2D eigenvalue weighted by atomic mass is 127. The standard InChI is InChI=1S/C15H22N4O.HI/c1-16-15(18(2)3)17-11-12-6-8-13(9-7-12)19-10-4-5-14(19)20;/h6-9H,4-5,10-11H2,1-3H3,(H,16,17);1H. The second-order valence-electron chi connectivity index (χ2n) is 5.11. The fourth-order valence-electron chi connectivity index (χ4n) is 2.33. The van der Waals surface area contributed by atoms with Crippen molar-refractivity contribution in [2.75, 3.05) is 32.6 Å². The van der Waals surface area contributed by atoms with Gasteiger partial charge in [-0.2, -0.15) is 0 Å². The number of anilines is 1. The van der Waals surface area contributed by atoms with E-state index in [2.05, 4.69) is 22.4 Å². The molecule has 1 amide bonds. The molecule has 0 aromatic heterocycles. The molecule has 1 aliphatic rings. The van der Waals surface area contributed by atoms with Gasteiger partial charge in [0.1, 0.15) is 0 Å². The molecule has 0 aliphatic carbocycles. The Balaban J connectivity index is 0.00000220. The number of rotatable bonds is 3. The van der Waals surface area contributed by atoms with E-state index >= 15 is 0 Å². The van der Waals surface area contributed by atoms with Crippen molar-refractivity contribution < 1.29 is 4.79 Å². The Morgan fingerprint density at radius 1 is 1.33 bits per heavy atom. The molecule has 0 radical (unpaired) electrons. The number of amides is 1. The summed E-state index contributed by atoms with van der Waals surface area (Å²) in [5, 5.41) is 3.28. The van der Waals surface area contributed by atoms with Crippen LogP contribution in [-0.4, -0.2) is 44.5 Å². The third kappa shape index (κ3) is 4.59. The summed E-state index contributed by atoms with van der Waals surface area (Å²) in [6.45, 7) is 1.56. The van der Waals surface area contributed by atoms with E-state index in [1.165, 1.54) is 5.56 Å². The van der Waals surface area contributed by atoms with Gasteiger partial charge in [-0.3, -0.25) is 9.79 Å². The number of carbonyl (C=O) groups is 1. The highest BCUT2D eigenvalue weighted by molar-refractivity contribution is 14.0. The molecule has 0 saturated carbocycles. The van der Waals surface area contributed by atoms with Gasteiger partial charge in [0.05, 0.1) is 0 Å². The van der Waals surface area contributed by atoms with Gasteiger partial charge in [0.25, 0.3) is 0 Å². The molecule has 0 atom stereocenters. The molecule has 116 valence electrons. The van der Waals surface area contributed by atoms with Crippen LogP contribution in [0.2, 0.25) is 0 Å². The van der Waals surface area contributed by atoms with Crippen LogP contribution in [0.1, 0.15) is 18.4 Å². The summed E-state index contributed by atoms with van der Waals surface area (Å²) in [5.74, 6) is 1.08. The number of nitrogens with one attached hydrogen (secondary N) is 1. The van der Waals surface area contributed by atoms with Gasteiger partial charge in [-0.25, -0.2) is 0 Å². The van der Waals surface area contributed by atoms with E-state index in [1.807, 2.05) is 36.0 Å². The summed E-state index contributed by atoms with van der Waals surface area (Å²) < 4.78 is 0. The van der Waals surface area contributed by atoms with E-state index < -0.39 is 0 Å². The SMILES string of the molecule is CN=C(NCc1ccc(N2CCCC2=O)cc1)N(C)C.I. The van der Waals surface area contributed by atoms with Crippen LogP contribution >= 0.6 is 24.0 Å². The number of nitrogens with zero attached hydrogens (tertiary/aromatic N) is 3. The number of hydrogen-bond donors (Lipinski definition) is 1. The Morgan fingerprint density at radius 3 is 2.48 bits per heavy atom. The lowest BCUT2D eigenvalue weighted by atomic mass is 10.2. The number of aliphatic imine (C=N–C) groups is 1. The van der Waals surface area contributed by atoms with Crippen molar-refractivity contribution in [2.45, 2.75) is 19.4 Å². The molecule has 1 aromatic rings. The summed E-state index contributed by atoms with van der Waals surface area (Å²) in [7, 11) is 5.68. The van der Waals surface area contributed by atoms with Gasteiger partial charge >= 0.3 is 0 Å². The normalized spacial score (nSPS) is 14.9. The summed E-state index contributed by atoms with van der Waals surface area (Å²) >= 11 is 0. The van der Waals surface area contributed by atoms with Crippen LogP contribution in [0, 0.1) is 0 Å². The average Bonchev–Trinajstić information content (AvgIpc) is 2.86. The Hall–Kier alpha value is -1.31. The third-order valence-corrected chi connectivity index (χ3v) is 3.41. The minimum atomic E-state index is 0. The van der Waals surface area contributed by atoms with E-state index in [0.717, 1.165) is 31.2 Å². The number of carbonyl (C=O) groups excluding carboxylic acids is 1. The molecule has 1 saturated heterocycles.